The van der Waals surface area contributed by atoms with Gasteiger partial charge in [0.2, 0.25) is 11.8 Å². The molecule has 0 aliphatic carbocycles. The number of hydrogen-bond donors (Lipinski definition) is 2. The number of imide groups is 1. The SMILES string of the molecule is CCC1C(=O)NC(=O)CN1c1ccc([N+](=O)[O-])cc1CO. The van der Waals surface area contributed by atoms with E-state index >= 15 is 0 Å². The van der Waals surface area contributed by atoms with Gasteiger partial charge in [-0.2, -0.15) is 0 Å². The smallest absolute Gasteiger partial charge is 0.269 e. The number of benzene rings is 1. The molecular weight excluding hydrogens is 278 g/mol. The van der Waals surface area contributed by atoms with Gasteiger partial charge in [-0.05, 0) is 12.5 Å². The van der Waals surface area contributed by atoms with Crippen molar-refractivity contribution in [2.75, 3.05) is 11.4 Å². The lowest BCUT2D eigenvalue weighted by atomic mass is 10.0. The van der Waals surface area contributed by atoms with Crippen molar-refractivity contribution in [3.8, 4) is 0 Å². The van der Waals surface area contributed by atoms with Crippen LogP contribution in [0.3, 0.4) is 0 Å². The number of carbonyl (C=O) groups is 2. The normalized spacial score (nSPS) is 18.6. The highest BCUT2D eigenvalue weighted by Gasteiger charge is 2.33. The van der Waals surface area contributed by atoms with Gasteiger partial charge < -0.3 is 10.0 Å². The minimum Gasteiger partial charge on any atom is -0.392 e. The quantitative estimate of drug-likeness (QED) is 0.470. The van der Waals surface area contributed by atoms with Crippen molar-refractivity contribution >= 4 is 23.2 Å². The van der Waals surface area contributed by atoms with Crippen LogP contribution in [-0.4, -0.2) is 34.4 Å². The summed E-state index contributed by atoms with van der Waals surface area (Å²) in [4.78, 5) is 35.2. The Labute approximate surface area is 120 Å². The third kappa shape index (κ3) is 2.84. The van der Waals surface area contributed by atoms with Crippen LogP contribution in [0.25, 0.3) is 0 Å². The molecule has 0 bridgehead atoms. The molecule has 1 saturated heterocycles. The maximum atomic E-state index is 11.8. The summed E-state index contributed by atoms with van der Waals surface area (Å²) in [5, 5.41) is 22.4. The summed E-state index contributed by atoms with van der Waals surface area (Å²) in [5.41, 5.74) is 0.618. The number of carbonyl (C=O) groups excluding carboxylic acids is 2. The molecule has 8 nitrogen and oxygen atoms in total. The summed E-state index contributed by atoms with van der Waals surface area (Å²) < 4.78 is 0. The van der Waals surface area contributed by atoms with Gasteiger partial charge in [-0.1, -0.05) is 6.92 Å². The van der Waals surface area contributed by atoms with Gasteiger partial charge in [-0.15, -0.1) is 0 Å². The number of rotatable bonds is 4. The van der Waals surface area contributed by atoms with E-state index in [9.17, 15) is 24.8 Å². The molecule has 8 heteroatoms. The number of non-ortho nitro benzene ring substituents is 1. The molecule has 1 aliphatic heterocycles. The Morgan fingerprint density at radius 3 is 2.76 bits per heavy atom. The number of nitrogens with one attached hydrogen (secondary N) is 1. The maximum absolute atomic E-state index is 11.8. The minimum absolute atomic E-state index is 0.0327. The van der Waals surface area contributed by atoms with Crippen molar-refractivity contribution in [1.29, 1.82) is 0 Å². The molecule has 0 saturated carbocycles. The monoisotopic (exact) mass is 293 g/mol. The second-order valence-electron chi connectivity index (χ2n) is 4.69. The van der Waals surface area contributed by atoms with Gasteiger partial charge in [0.15, 0.2) is 0 Å². The van der Waals surface area contributed by atoms with Crippen LogP contribution >= 0.6 is 0 Å². The van der Waals surface area contributed by atoms with Gasteiger partial charge in [-0.3, -0.25) is 25.0 Å². The number of anilines is 1. The number of piperazine rings is 1. The topological polar surface area (TPSA) is 113 Å². The summed E-state index contributed by atoms with van der Waals surface area (Å²) in [6.45, 7) is 1.35. The molecule has 1 aromatic carbocycles. The van der Waals surface area contributed by atoms with E-state index in [-0.39, 0.29) is 12.2 Å². The molecule has 21 heavy (non-hydrogen) atoms. The van der Waals surface area contributed by atoms with E-state index in [1.54, 1.807) is 11.8 Å². The van der Waals surface area contributed by atoms with Crippen molar-refractivity contribution in [2.45, 2.75) is 26.0 Å². The standard InChI is InChI=1S/C13H15N3O5/c1-2-10-13(19)14-12(18)6-15(10)11-4-3-9(16(20)21)5-8(11)7-17/h3-5,10,17H,2,6-7H2,1H3,(H,14,18,19). The Morgan fingerprint density at radius 1 is 1.48 bits per heavy atom. The zero-order valence-corrected chi connectivity index (χ0v) is 11.4. The van der Waals surface area contributed by atoms with Crippen LogP contribution in [-0.2, 0) is 16.2 Å². The summed E-state index contributed by atoms with van der Waals surface area (Å²) >= 11 is 0. The van der Waals surface area contributed by atoms with E-state index < -0.39 is 29.4 Å². The molecule has 0 radical (unpaired) electrons. The molecule has 1 atom stereocenters. The third-order valence-electron chi connectivity index (χ3n) is 3.40. The first-order valence-electron chi connectivity index (χ1n) is 6.46. The van der Waals surface area contributed by atoms with E-state index in [2.05, 4.69) is 5.32 Å². The van der Waals surface area contributed by atoms with Crippen molar-refractivity contribution in [2.24, 2.45) is 0 Å². The predicted molar refractivity (Wildman–Crippen MR) is 73.6 cm³/mol. The molecule has 112 valence electrons. The Morgan fingerprint density at radius 2 is 2.19 bits per heavy atom. The number of hydrogen-bond acceptors (Lipinski definition) is 6. The minimum atomic E-state index is -0.561. The number of amides is 2. The van der Waals surface area contributed by atoms with Crippen LogP contribution in [0.2, 0.25) is 0 Å². The molecule has 2 amide bonds. The van der Waals surface area contributed by atoms with Crippen molar-refractivity contribution < 1.29 is 19.6 Å². The molecule has 1 heterocycles. The van der Waals surface area contributed by atoms with Crippen LogP contribution in [0.1, 0.15) is 18.9 Å². The van der Waals surface area contributed by atoms with Crippen molar-refractivity contribution in [3.05, 3.63) is 33.9 Å². The second-order valence-corrected chi connectivity index (χ2v) is 4.69. The number of aliphatic hydroxyl groups is 1. The Kier molecular flexibility index (Phi) is 4.18. The lowest BCUT2D eigenvalue weighted by Gasteiger charge is -2.36. The van der Waals surface area contributed by atoms with Gasteiger partial charge in [0.1, 0.15) is 6.04 Å². The van der Waals surface area contributed by atoms with Crippen LogP contribution in [0.15, 0.2) is 18.2 Å². The lowest BCUT2D eigenvalue weighted by Crippen LogP contribution is -2.58. The van der Waals surface area contributed by atoms with Gasteiger partial charge in [0.05, 0.1) is 18.1 Å². The Hall–Kier alpha value is -2.48. The average Bonchev–Trinajstić information content (AvgIpc) is 2.45. The number of nitro benzene ring substituents is 1. The number of aliphatic hydroxyl groups excluding tert-OH is 1. The molecule has 2 N–H and O–H groups in total. The first-order valence-corrected chi connectivity index (χ1v) is 6.46. The molecule has 1 aromatic rings. The van der Waals surface area contributed by atoms with Crippen LogP contribution in [0.5, 0.6) is 0 Å². The van der Waals surface area contributed by atoms with Gasteiger partial charge >= 0.3 is 0 Å². The number of nitro groups is 1. The molecular formula is C13H15N3O5. The highest BCUT2D eigenvalue weighted by molar-refractivity contribution is 6.04. The number of nitrogens with zero attached hydrogens (tertiary/aromatic N) is 2. The molecule has 1 unspecified atom stereocenters. The van der Waals surface area contributed by atoms with Crippen molar-refractivity contribution in [1.82, 2.24) is 5.32 Å². The Balaban J connectivity index is 2.45. The molecule has 1 aliphatic rings. The average molecular weight is 293 g/mol. The van der Waals surface area contributed by atoms with Crippen molar-refractivity contribution in [3.63, 3.8) is 0 Å². The lowest BCUT2D eigenvalue weighted by molar-refractivity contribution is -0.384. The van der Waals surface area contributed by atoms with E-state index in [0.717, 1.165) is 0 Å². The zero-order valence-electron chi connectivity index (χ0n) is 11.4. The second kappa shape index (κ2) is 5.88. The van der Waals surface area contributed by atoms with E-state index in [1.807, 2.05) is 0 Å². The van der Waals surface area contributed by atoms with Crippen LogP contribution in [0.4, 0.5) is 11.4 Å². The fourth-order valence-corrected chi connectivity index (χ4v) is 2.42. The summed E-state index contributed by atoms with van der Waals surface area (Å²) in [6, 6.07) is 3.45. The van der Waals surface area contributed by atoms with Crippen LogP contribution in [0, 0.1) is 10.1 Å². The molecule has 0 aromatic heterocycles. The first-order chi connectivity index (χ1) is 9.97. The molecule has 1 fully saturated rings. The summed E-state index contributed by atoms with van der Waals surface area (Å²) in [6.07, 6.45) is 0.473. The maximum Gasteiger partial charge on any atom is 0.269 e. The summed E-state index contributed by atoms with van der Waals surface area (Å²) in [7, 11) is 0. The fraction of sp³-hybridized carbons (Fsp3) is 0.385. The van der Waals surface area contributed by atoms with Gasteiger partial charge in [0.25, 0.3) is 5.69 Å². The zero-order chi connectivity index (χ0) is 15.6. The Bertz CT molecular complexity index is 601. The van der Waals surface area contributed by atoms with Gasteiger partial charge in [-0.25, -0.2) is 0 Å². The highest BCUT2D eigenvalue weighted by atomic mass is 16.6. The van der Waals surface area contributed by atoms with E-state index in [4.69, 9.17) is 0 Å². The largest absolute Gasteiger partial charge is 0.392 e. The third-order valence-corrected chi connectivity index (χ3v) is 3.40. The fourth-order valence-electron chi connectivity index (χ4n) is 2.42. The van der Waals surface area contributed by atoms with E-state index in [0.29, 0.717) is 17.7 Å². The summed E-state index contributed by atoms with van der Waals surface area (Å²) in [5.74, 6) is -0.845. The molecule has 2 rings (SSSR count). The first kappa shape index (κ1) is 14.9. The predicted octanol–water partition coefficient (Wildman–Crippen LogP) is 0.328. The van der Waals surface area contributed by atoms with Crippen LogP contribution < -0.4 is 10.2 Å². The van der Waals surface area contributed by atoms with Gasteiger partial charge in [0, 0.05) is 23.4 Å². The molecule has 0 spiro atoms. The highest BCUT2D eigenvalue weighted by Crippen LogP contribution is 2.28. The van der Waals surface area contributed by atoms with E-state index in [1.165, 1.54) is 18.2 Å².